The number of aromatic nitrogens is 4. The monoisotopic (exact) mass is 432 g/mol. The highest BCUT2D eigenvalue weighted by molar-refractivity contribution is 7.89. The number of rotatable bonds is 5. The maximum absolute atomic E-state index is 13.2. The van der Waals surface area contributed by atoms with Crippen molar-refractivity contribution >= 4 is 15.8 Å². The normalized spacial score (nSPS) is 18.6. The van der Waals surface area contributed by atoms with Crippen LogP contribution in [0.3, 0.4) is 0 Å². The number of nitrogens with zero attached hydrogens (tertiary/aromatic N) is 6. The molecule has 0 bridgehead atoms. The topological polar surface area (TPSA) is 84.2 Å². The molecular weight excluding hydrogens is 400 g/mol. The third kappa shape index (κ3) is 3.85. The highest BCUT2D eigenvalue weighted by Crippen LogP contribution is 2.33. The van der Waals surface area contributed by atoms with Crippen molar-refractivity contribution < 1.29 is 8.42 Å². The maximum Gasteiger partial charge on any atom is 0.246 e. The number of anilines is 1. The Kier molecular flexibility index (Phi) is 5.85. The van der Waals surface area contributed by atoms with Gasteiger partial charge in [-0.2, -0.15) is 9.40 Å². The molecule has 0 N–H and O–H groups in total. The molecule has 0 atom stereocenters. The van der Waals surface area contributed by atoms with Gasteiger partial charge in [-0.1, -0.05) is 6.92 Å². The maximum atomic E-state index is 13.2. The molecule has 4 heterocycles. The summed E-state index contributed by atoms with van der Waals surface area (Å²) in [5.74, 6) is 2.11. The number of sulfonamides is 1. The number of aryl methyl sites for hydroxylation is 3. The van der Waals surface area contributed by atoms with E-state index >= 15 is 0 Å². The lowest BCUT2D eigenvalue weighted by atomic mass is 9.96. The SMILES string of the molecule is CCCn1cc(S(=O)(=O)N2CCC(c3nc(C)c4c(n3)N(C)CCC4)CC2)c(C)n1. The Morgan fingerprint density at radius 2 is 1.83 bits per heavy atom. The first-order valence-corrected chi connectivity index (χ1v) is 12.4. The van der Waals surface area contributed by atoms with Gasteiger partial charge in [0.15, 0.2) is 0 Å². The van der Waals surface area contributed by atoms with Crippen molar-refractivity contribution in [3.05, 3.63) is 29.0 Å². The molecule has 164 valence electrons. The largest absolute Gasteiger partial charge is 0.359 e. The molecule has 1 fully saturated rings. The second kappa shape index (κ2) is 8.26. The van der Waals surface area contributed by atoms with Crippen molar-refractivity contribution in [3.63, 3.8) is 0 Å². The number of fused-ring (bicyclic) bond motifs is 1. The molecule has 2 aromatic rings. The molecule has 8 nitrogen and oxygen atoms in total. The van der Waals surface area contributed by atoms with Gasteiger partial charge in [-0.3, -0.25) is 4.68 Å². The number of hydrogen-bond donors (Lipinski definition) is 0. The smallest absolute Gasteiger partial charge is 0.246 e. The highest BCUT2D eigenvalue weighted by Gasteiger charge is 2.33. The minimum absolute atomic E-state index is 0.194. The van der Waals surface area contributed by atoms with Crippen LogP contribution < -0.4 is 4.90 Å². The van der Waals surface area contributed by atoms with E-state index in [1.807, 2.05) is 0 Å². The van der Waals surface area contributed by atoms with Crippen molar-refractivity contribution in [2.75, 3.05) is 31.6 Å². The first-order valence-electron chi connectivity index (χ1n) is 10.9. The summed E-state index contributed by atoms with van der Waals surface area (Å²) in [5, 5.41) is 4.37. The molecule has 2 aromatic heterocycles. The quantitative estimate of drug-likeness (QED) is 0.722. The summed E-state index contributed by atoms with van der Waals surface area (Å²) in [4.78, 5) is 12.3. The third-order valence-electron chi connectivity index (χ3n) is 6.28. The Morgan fingerprint density at radius 3 is 2.53 bits per heavy atom. The highest BCUT2D eigenvalue weighted by atomic mass is 32.2. The summed E-state index contributed by atoms with van der Waals surface area (Å²) < 4.78 is 29.7. The second-order valence-electron chi connectivity index (χ2n) is 8.51. The summed E-state index contributed by atoms with van der Waals surface area (Å²) >= 11 is 0. The fourth-order valence-electron chi connectivity index (χ4n) is 4.58. The van der Waals surface area contributed by atoms with Gasteiger partial charge in [-0.05, 0) is 46.0 Å². The zero-order chi connectivity index (χ0) is 21.5. The van der Waals surface area contributed by atoms with Crippen LogP contribution in [0.25, 0.3) is 0 Å². The van der Waals surface area contributed by atoms with Crippen molar-refractivity contribution in [2.24, 2.45) is 0 Å². The van der Waals surface area contributed by atoms with Crippen LogP contribution in [-0.4, -0.2) is 59.2 Å². The summed E-state index contributed by atoms with van der Waals surface area (Å²) in [5.41, 5.74) is 2.89. The predicted octanol–water partition coefficient (Wildman–Crippen LogP) is 2.65. The van der Waals surface area contributed by atoms with Crippen LogP contribution in [0, 0.1) is 13.8 Å². The second-order valence-corrected chi connectivity index (χ2v) is 10.4. The molecule has 0 unspecified atom stereocenters. The predicted molar refractivity (Wildman–Crippen MR) is 116 cm³/mol. The van der Waals surface area contributed by atoms with E-state index in [2.05, 4.69) is 30.9 Å². The van der Waals surface area contributed by atoms with Crippen LogP contribution in [0.5, 0.6) is 0 Å². The van der Waals surface area contributed by atoms with Crippen molar-refractivity contribution in [2.45, 2.75) is 70.2 Å². The van der Waals surface area contributed by atoms with Gasteiger partial charge in [0.2, 0.25) is 10.0 Å². The molecule has 0 amide bonds. The summed E-state index contributed by atoms with van der Waals surface area (Å²) in [6.45, 7) is 8.61. The van der Waals surface area contributed by atoms with Gasteiger partial charge in [-0.15, -0.1) is 0 Å². The third-order valence-corrected chi connectivity index (χ3v) is 8.28. The first kappa shape index (κ1) is 21.2. The molecule has 0 aromatic carbocycles. The van der Waals surface area contributed by atoms with Gasteiger partial charge in [0.1, 0.15) is 16.5 Å². The summed E-state index contributed by atoms with van der Waals surface area (Å²) in [7, 11) is -1.44. The lowest BCUT2D eigenvalue weighted by Gasteiger charge is -2.32. The van der Waals surface area contributed by atoms with E-state index < -0.39 is 10.0 Å². The molecule has 0 aliphatic carbocycles. The Morgan fingerprint density at radius 1 is 1.10 bits per heavy atom. The minimum Gasteiger partial charge on any atom is -0.359 e. The van der Waals surface area contributed by atoms with E-state index in [0.717, 1.165) is 62.5 Å². The number of piperidine rings is 1. The summed E-state index contributed by atoms with van der Waals surface area (Å²) in [6, 6.07) is 0. The van der Waals surface area contributed by atoms with E-state index in [0.29, 0.717) is 23.7 Å². The Labute approximate surface area is 179 Å². The van der Waals surface area contributed by atoms with E-state index in [1.54, 1.807) is 22.1 Å². The van der Waals surface area contributed by atoms with Gasteiger partial charge in [0.25, 0.3) is 0 Å². The zero-order valence-electron chi connectivity index (χ0n) is 18.4. The molecule has 2 aliphatic rings. The lowest BCUT2D eigenvalue weighted by molar-refractivity contribution is 0.313. The van der Waals surface area contributed by atoms with E-state index in [9.17, 15) is 8.42 Å². The van der Waals surface area contributed by atoms with Crippen molar-refractivity contribution in [3.8, 4) is 0 Å². The Hall–Kier alpha value is -2.00. The molecule has 2 aliphatic heterocycles. The van der Waals surface area contributed by atoms with Gasteiger partial charge < -0.3 is 4.90 Å². The van der Waals surface area contributed by atoms with E-state index in [-0.39, 0.29) is 5.92 Å². The zero-order valence-corrected chi connectivity index (χ0v) is 19.2. The first-order chi connectivity index (χ1) is 14.3. The van der Waals surface area contributed by atoms with Gasteiger partial charge in [0, 0.05) is 56.6 Å². The van der Waals surface area contributed by atoms with Crippen LogP contribution >= 0.6 is 0 Å². The standard InChI is InChI=1S/C21H32N6O2S/c1-5-10-26-14-19(16(3)24-26)30(28,29)27-12-8-17(9-13-27)20-22-15(2)18-7-6-11-25(4)21(18)23-20/h14,17H,5-13H2,1-4H3. The Bertz CT molecular complexity index is 1020. The molecule has 1 saturated heterocycles. The van der Waals surface area contributed by atoms with Gasteiger partial charge in [0.05, 0.1) is 5.69 Å². The number of hydrogen-bond acceptors (Lipinski definition) is 6. The van der Waals surface area contributed by atoms with E-state index in [4.69, 9.17) is 9.97 Å². The molecular formula is C21H32N6O2S. The molecule has 0 radical (unpaired) electrons. The van der Waals surface area contributed by atoms with Crippen molar-refractivity contribution in [1.82, 2.24) is 24.1 Å². The van der Waals surface area contributed by atoms with Crippen LogP contribution in [0.2, 0.25) is 0 Å². The molecule has 0 saturated carbocycles. The lowest BCUT2D eigenvalue weighted by Crippen LogP contribution is -2.38. The van der Waals surface area contributed by atoms with Crippen LogP contribution in [0.15, 0.2) is 11.1 Å². The van der Waals surface area contributed by atoms with Crippen LogP contribution in [-0.2, 0) is 23.0 Å². The molecule has 4 rings (SSSR count). The van der Waals surface area contributed by atoms with Crippen molar-refractivity contribution in [1.29, 1.82) is 0 Å². The minimum atomic E-state index is -3.53. The summed E-state index contributed by atoms with van der Waals surface area (Å²) in [6.07, 6.45) is 6.24. The Balaban J connectivity index is 1.50. The average Bonchev–Trinajstić information content (AvgIpc) is 3.10. The van der Waals surface area contributed by atoms with Gasteiger partial charge in [-0.25, -0.2) is 18.4 Å². The molecule has 9 heteroatoms. The molecule has 0 spiro atoms. The van der Waals surface area contributed by atoms with Gasteiger partial charge >= 0.3 is 0 Å². The van der Waals surface area contributed by atoms with Crippen LogP contribution in [0.1, 0.15) is 61.3 Å². The fraction of sp³-hybridized carbons (Fsp3) is 0.667. The van der Waals surface area contributed by atoms with E-state index in [1.165, 1.54) is 5.56 Å². The fourth-order valence-corrected chi connectivity index (χ4v) is 6.22. The molecule has 30 heavy (non-hydrogen) atoms. The average molecular weight is 433 g/mol. The van der Waals surface area contributed by atoms with Crippen LogP contribution in [0.4, 0.5) is 5.82 Å².